The van der Waals surface area contributed by atoms with E-state index in [2.05, 4.69) is 27.9 Å². The van der Waals surface area contributed by atoms with E-state index >= 15 is 0 Å². The highest BCUT2D eigenvalue weighted by atomic mass is 127. The van der Waals surface area contributed by atoms with Gasteiger partial charge in [0.2, 0.25) is 5.91 Å². The van der Waals surface area contributed by atoms with Crippen molar-refractivity contribution in [1.29, 1.82) is 0 Å². The normalized spacial score (nSPS) is 15.9. The van der Waals surface area contributed by atoms with Crippen molar-refractivity contribution in [2.45, 2.75) is 19.0 Å². The zero-order valence-corrected chi connectivity index (χ0v) is 16.5. The lowest BCUT2D eigenvalue weighted by atomic mass is 9.93. The molecule has 2 aromatic carbocycles. The van der Waals surface area contributed by atoms with E-state index in [0.29, 0.717) is 18.7 Å². The van der Waals surface area contributed by atoms with Gasteiger partial charge in [-0.25, -0.2) is 0 Å². The first-order valence-corrected chi connectivity index (χ1v) is 9.67. The summed E-state index contributed by atoms with van der Waals surface area (Å²) in [6, 6.07) is 18.2. The van der Waals surface area contributed by atoms with Crippen molar-refractivity contribution in [3.05, 3.63) is 87.4 Å². The van der Waals surface area contributed by atoms with Gasteiger partial charge < -0.3 is 14.6 Å². The molecule has 0 saturated heterocycles. The van der Waals surface area contributed by atoms with Crippen LogP contribution in [0, 0.1) is 3.57 Å². The van der Waals surface area contributed by atoms with Crippen molar-refractivity contribution in [1.82, 2.24) is 4.90 Å². The van der Waals surface area contributed by atoms with Gasteiger partial charge >= 0.3 is 0 Å². The van der Waals surface area contributed by atoms with Crippen LogP contribution in [0.15, 0.2) is 71.3 Å². The van der Waals surface area contributed by atoms with Crippen LogP contribution in [0.2, 0.25) is 0 Å². The Bertz CT molecular complexity index is 967. The first-order chi connectivity index (χ1) is 13.1. The number of halogens is 1. The van der Waals surface area contributed by atoms with Gasteiger partial charge in [-0.3, -0.25) is 9.59 Å². The molecule has 1 unspecified atom stereocenters. The van der Waals surface area contributed by atoms with Gasteiger partial charge in [0.1, 0.15) is 6.04 Å². The molecular formula is C21H17IN2O3. The van der Waals surface area contributed by atoms with Gasteiger partial charge in [0.25, 0.3) is 5.91 Å². The van der Waals surface area contributed by atoms with Crippen molar-refractivity contribution >= 4 is 40.1 Å². The van der Waals surface area contributed by atoms with Gasteiger partial charge in [-0.15, -0.1) is 0 Å². The molecule has 0 fully saturated rings. The summed E-state index contributed by atoms with van der Waals surface area (Å²) < 4.78 is 6.36. The van der Waals surface area contributed by atoms with Gasteiger partial charge in [-0.1, -0.05) is 24.3 Å². The van der Waals surface area contributed by atoms with Crippen LogP contribution in [0.25, 0.3) is 0 Å². The maximum absolute atomic E-state index is 13.0. The summed E-state index contributed by atoms with van der Waals surface area (Å²) in [6.45, 7) is 0.375. The highest BCUT2D eigenvalue weighted by molar-refractivity contribution is 14.1. The Morgan fingerprint density at radius 3 is 2.44 bits per heavy atom. The van der Waals surface area contributed by atoms with E-state index in [9.17, 15) is 9.59 Å². The lowest BCUT2D eigenvalue weighted by Crippen LogP contribution is -2.50. The van der Waals surface area contributed by atoms with E-state index in [-0.39, 0.29) is 17.6 Å². The fraction of sp³-hybridized carbons (Fsp3) is 0.143. The zero-order chi connectivity index (χ0) is 18.8. The van der Waals surface area contributed by atoms with Crippen molar-refractivity contribution in [3.8, 4) is 0 Å². The van der Waals surface area contributed by atoms with Crippen molar-refractivity contribution in [2.24, 2.45) is 0 Å². The Morgan fingerprint density at radius 2 is 1.74 bits per heavy atom. The molecule has 0 radical (unpaired) electrons. The molecule has 0 saturated carbocycles. The SMILES string of the molecule is O=C(Nc1ccc(I)cc1)C1Cc2ccccc2CN1C(=O)c1ccco1. The summed E-state index contributed by atoms with van der Waals surface area (Å²) in [5, 5.41) is 2.93. The molecule has 5 nitrogen and oxygen atoms in total. The van der Waals surface area contributed by atoms with Crippen molar-refractivity contribution < 1.29 is 14.0 Å². The van der Waals surface area contributed by atoms with Gasteiger partial charge in [0.05, 0.1) is 6.26 Å². The quantitative estimate of drug-likeness (QED) is 0.585. The van der Waals surface area contributed by atoms with Crippen LogP contribution >= 0.6 is 22.6 Å². The molecule has 0 spiro atoms. The van der Waals surface area contributed by atoms with E-state index < -0.39 is 6.04 Å². The minimum atomic E-state index is -0.600. The lowest BCUT2D eigenvalue weighted by molar-refractivity contribution is -0.121. The molecule has 3 aromatic rings. The van der Waals surface area contributed by atoms with Gasteiger partial charge in [0.15, 0.2) is 5.76 Å². The number of carbonyl (C=O) groups is 2. The second-order valence-electron chi connectivity index (χ2n) is 6.40. The maximum atomic E-state index is 13.0. The average molecular weight is 472 g/mol. The minimum absolute atomic E-state index is 0.203. The van der Waals surface area contributed by atoms with E-state index in [1.54, 1.807) is 17.0 Å². The third-order valence-electron chi connectivity index (χ3n) is 4.66. The molecule has 136 valence electrons. The fourth-order valence-corrected chi connectivity index (χ4v) is 3.63. The molecule has 1 atom stereocenters. The smallest absolute Gasteiger partial charge is 0.290 e. The number of amides is 2. The van der Waals surface area contributed by atoms with Gasteiger partial charge in [-0.2, -0.15) is 0 Å². The Kier molecular flexibility index (Phi) is 4.98. The lowest BCUT2D eigenvalue weighted by Gasteiger charge is -2.35. The molecule has 27 heavy (non-hydrogen) atoms. The third-order valence-corrected chi connectivity index (χ3v) is 5.37. The van der Waals surface area contributed by atoms with E-state index in [0.717, 1.165) is 14.7 Å². The van der Waals surface area contributed by atoms with Crippen LogP contribution in [-0.4, -0.2) is 22.8 Å². The second kappa shape index (κ2) is 7.56. The molecule has 6 heteroatoms. The molecule has 0 bridgehead atoms. The monoisotopic (exact) mass is 472 g/mol. The Hall–Kier alpha value is -2.61. The number of furan rings is 1. The summed E-state index contributed by atoms with van der Waals surface area (Å²) in [5.74, 6) is -0.246. The summed E-state index contributed by atoms with van der Waals surface area (Å²) in [7, 11) is 0. The molecule has 2 heterocycles. The van der Waals surface area contributed by atoms with E-state index in [1.807, 2.05) is 48.5 Å². The van der Waals surface area contributed by atoms with Crippen LogP contribution in [0.3, 0.4) is 0 Å². The highest BCUT2D eigenvalue weighted by Gasteiger charge is 2.35. The molecule has 1 aliphatic heterocycles. The van der Waals surface area contributed by atoms with Crippen LogP contribution in [0.1, 0.15) is 21.7 Å². The minimum Gasteiger partial charge on any atom is -0.459 e. The summed E-state index contributed by atoms with van der Waals surface area (Å²) in [6.07, 6.45) is 1.94. The molecular weight excluding hydrogens is 455 g/mol. The van der Waals surface area contributed by atoms with E-state index in [4.69, 9.17) is 4.42 Å². The predicted octanol–water partition coefficient (Wildman–Crippen LogP) is 4.09. The van der Waals surface area contributed by atoms with E-state index in [1.165, 1.54) is 6.26 Å². The predicted molar refractivity (Wildman–Crippen MR) is 110 cm³/mol. The van der Waals surface area contributed by atoms with Gasteiger partial charge in [-0.05, 0) is 70.1 Å². The average Bonchev–Trinajstić information content (AvgIpc) is 3.23. The fourth-order valence-electron chi connectivity index (χ4n) is 3.27. The summed E-state index contributed by atoms with van der Waals surface area (Å²) >= 11 is 2.22. The highest BCUT2D eigenvalue weighted by Crippen LogP contribution is 2.26. The number of carbonyl (C=O) groups excluding carboxylic acids is 2. The number of rotatable bonds is 3. The van der Waals surface area contributed by atoms with Crippen molar-refractivity contribution in [3.63, 3.8) is 0 Å². The largest absolute Gasteiger partial charge is 0.459 e. The number of nitrogens with zero attached hydrogens (tertiary/aromatic N) is 1. The topological polar surface area (TPSA) is 62.6 Å². The van der Waals surface area contributed by atoms with Crippen molar-refractivity contribution in [2.75, 3.05) is 5.32 Å². The molecule has 1 N–H and O–H groups in total. The number of hydrogen-bond donors (Lipinski definition) is 1. The second-order valence-corrected chi connectivity index (χ2v) is 7.64. The summed E-state index contributed by atoms with van der Waals surface area (Å²) in [4.78, 5) is 27.5. The van der Waals surface area contributed by atoms with Crippen LogP contribution < -0.4 is 5.32 Å². The maximum Gasteiger partial charge on any atom is 0.290 e. The molecule has 2 amide bonds. The number of hydrogen-bond acceptors (Lipinski definition) is 3. The number of benzene rings is 2. The number of anilines is 1. The Morgan fingerprint density at radius 1 is 1.00 bits per heavy atom. The van der Waals surface area contributed by atoms with Crippen LogP contribution in [0.5, 0.6) is 0 Å². The molecule has 1 aliphatic rings. The Labute approximate surface area is 170 Å². The Balaban J connectivity index is 1.63. The molecule has 1 aromatic heterocycles. The van der Waals surface area contributed by atoms with Crippen LogP contribution in [0.4, 0.5) is 5.69 Å². The number of nitrogens with one attached hydrogen (secondary N) is 1. The molecule has 4 rings (SSSR count). The standard InChI is InChI=1S/C21H17IN2O3/c22-16-7-9-17(10-8-16)23-20(25)18-12-14-4-1-2-5-15(14)13-24(18)21(26)19-6-3-11-27-19/h1-11,18H,12-13H2,(H,23,25). The number of fused-ring (bicyclic) bond motifs is 1. The zero-order valence-electron chi connectivity index (χ0n) is 14.4. The first-order valence-electron chi connectivity index (χ1n) is 8.59. The van der Waals surface area contributed by atoms with Gasteiger partial charge in [0, 0.05) is 22.2 Å². The third kappa shape index (κ3) is 3.75. The van der Waals surface area contributed by atoms with Crippen LogP contribution in [-0.2, 0) is 17.8 Å². The summed E-state index contributed by atoms with van der Waals surface area (Å²) in [5.41, 5.74) is 2.85. The first kappa shape index (κ1) is 17.8. The molecule has 0 aliphatic carbocycles.